The minimum absolute atomic E-state index is 0.0367. The number of carbonyl (C=O) groups excluding carboxylic acids is 1. The van der Waals surface area contributed by atoms with Crippen molar-refractivity contribution in [3.05, 3.63) is 48.3 Å². The number of amides is 1. The molecule has 31 heavy (non-hydrogen) atoms. The molecule has 12 heteroatoms. The van der Waals surface area contributed by atoms with E-state index in [4.69, 9.17) is 14.6 Å². The topological polar surface area (TPSA) is 106 Å². The zero-order valence-corrected chi connectivity index (χ0v) is 17.2. The number of hydrogen-bond acceptors (Lipinski definition) is 7. The number of aryl methyl sites for hydroxylation is 1. The molecule has 4 heterocycles. The van der Waals surface area contributed by atoms with Gasteiger partial charge in [0.15, 0.2) is 0 Å². The first-order valence-electron chi connectivity index (χ1n) is 9.17. The average molecular weight is 456 g/mol. The number of carboxylic acids is 1. The van der Waals surface area contributed by atoms with Crippen LogP contribution in [0.1, 0.15) is 22.6 Å². The second kappa shape index (κ2) is 9.08. The highest BCUT2D eigenvalue weighted by Crippen LogP contribution is 2.46. The van der Waals surface area contributed by atoms with Crippen LogP contribution in [0.5, 0.6) is 5.75 Å². The molecule has 1 N–H and O–H groups in total. The molecule has 0 radical (unpaired) electrons. The summed E-state index contributed by atoms with van der Waals surface area (Å²) in [6, 6.07) is 3.80. The predicted octanol–water partition coefficient (Wildman–Crippen LogP) is 2.59. The fourth-order valence-corrected chi connectivity index (χ4v) is 4.69. The first-order valence-corrected chi connectivity index (χ1v) is 10.2. The highest BCUT2D eigenvalue weighted by molar-refractivity contribution is 8.01. The SMILES string of the molecule is Cc1cnc(C(=O)N2CC3(CC(Oc4cccnc4)CS3)C2)cn1.O=C(O)C(F)(F)F. The minimum atomic E-state index is -5.08. The Labute approximate surface area is 179 Å². The lowest BCUT2D eigenvalue weighted by molar-refractivity contribution is -0.192. The van der Waals surface area contributed by atoms with E-state index in [0.717, 1.165) is 36.7 Å². The summed E-state index contributed by atoms with van der Waals surface area (Å²) in [5, 5.41) is 7.12. The van der Waals surface area contributed by atoms with Gasteiger partial charge in [0.2, 0.25) is 0 Å². The molecular weight excluding hydrogens is 437 g/mol. The fourth-order valence-electron chi connectivity index (χ4n) is 3.17. The van der Waals surface area contributed by atoms with Crippen LogP contribution in [-0.2, 0) is 4.79 Å². The van der Waals surface area contributed by atoms with E-state index in [-0.39, 0.29) is 16.8 Å². The van der Waals surface area contributed by atoms with Crippen LogP contribution in [0.3, 0.4) is 0 Å². The van der Waals surface area contributed by atoms with Crippen LogP contribution in [-0.4, -0.2) is 72.7 Å². The van der Waals surface area contributed by atoms with Gasteiger partial charge in [0.25, 0.3) is 5.91 Å². The van der Waals surface area contributed by atoms with Gasteiger partial charge in [-0.1, -0.05) is 0 Å². The molecule has 2 aromatic heterocycles. The first-order chi connectivity index (χ1) is 14.6. The Hall–Kier alpha value is -2.89. The van der Waals surface area contributed by atoms with E-state index in [0.29, 0.717) is 5.69 Å². The zero-order chi connectivity index (χ0) is 22.6. The van der Waals surface area contributed by atoms with Crippen LogP contribution in [0.2, 0.25) is 0 Å². The summed E-state index contributed by atoms with van der Waals surface area (Å²) in [5.41, 5.74) is 1.23. The monoisotopic (exact) mass is 456 g/mol. The van der Waals surface area contributed by atoms with Crippen molar-refractivity contribution < 1.29 is 32.6 Å². The number of ether oxygens (including phenoxy) is 1. The largest absolute Gasteiger partial charge is 0.490 e. The molecule has 1 spiro atoms. The maximum atomic E-state index is 12.4. The van der Waals surface area contributed by atoms with E-state index < -0.39 is 12.1 Å². The maximum Gasteiger partial charge on any atom is 0.490 e. The molecule has 2 fully saturated rings. The minimum Gasteiger partial charge on any atom is -0.488 e. The zero-order valence-electron chi connectivity index (χ0n) is 16.4. The van der Waals surface area contributed by atoms with Crippen LogP contribution >= 0.6 is 11.8 Å². The van der Waals surface area contributed by atoms with E-state index >= 15 is 0 Å². The van der Waals surface area contributed by atoms with Crippen LogP contribution in [0.25, 0.3) is 0 Å². The van der Waals surface area contributed by atoms with Gasteiger partial charge >= 0.3 is 12.1 Å². The van der Waals surface area contributed by atoms with Gasteiger partial charge < -0.3 is 14.7 Å². The number of carbonyl (C=O) groups is 2. The van der Waals surface area contributed by atoms with Gasteiger partial charge in [-0.15, -0.1) is 11.8 Å². The lowest BCUT2D eigenvalue weighted by Gasteiger charge is -2.47. The quantitative estimate of drug-likeness (QED) is 0.752. The van der Waals surface area contributed by atoms with Gasteiger partial charge in [0.05, 0.1) is 22.8 Å². The van der Waals surface area contributed by atoms with Crippen molar-refractivity contribution in [2.24, 2.45) is 0 Å². The molecule has 8 nitrogen and oxygen atoms in total. The summed E-state index contributed by atoms with van der Waals surface area (Å²) in [5.74, 6) is -1.04. The number of pyridine rings is 1. The van der Waals surface area contributed by atoms with Crippen molar-refractivity contribution in [3.63, 3.8) is 0 Å². The summed E-state index contributed by atoms with van der Waals surface area (Å²) >= 11 is 1.90. The van der Waals surface area contributed by atoms with E-state index in [1.54, 1.807) is 24.8 Å². The molecule has 2 saturated heterocycles. The molecule has 166 valence electrons. The summed E-state index contributed by atoms with van der Waals surface area (Å²) in [6.45, 7) is 3.36. The number of hydrogen-bond donors (Lipinski definition) is 1. The second-order valence-corrected chi connectivity index (χ2v) is 8.62. The number of aliphatic carboxylic acids is 1. The third-order valence-corrected chi connectivity index (χ3v) is 6.18. The molecule has 2 aliphatic heterocycles. The average Bonchev–Trinajstić information content (AvgIpc) is 3.12. The number of thioether (sulfide) groups is 1. The number of alkyl halides is 3. The molecule has 0 bridgehead atoms. The molecule has 0 aromatic carbocycles. The third-order valence-electron chi connectivity index (χ3n) is 4.60. The molecule has 2 aromatic rings. The molecule has 0 aliphatic carbocycles. The van der Waals surface area contributed by atoms with Crippen molar-refractivity contribution in [1.82, 2.24) is 19.9 Å². The maximum absolute atomic E-state index is 12.4. The fraction of sp³-hybridized carbons (Fsp3) is 0.421. The van der Waals surface area contributed by atoms with Crippen LogP contribution < -0.4 is 4.74 Å². The van der Waals surface area contributed by atoms with Crippen LogP contribution in [0.15, 0.2) is 36.9 Å². The normalized spacial score (nSPS) is 19.2. The number of rotatable bonds is 3. The highest BCUT2D eigenvalue weighted by Gasteiger charge is 2.51. The number of carboxylic acid groups (broad SMARTS) is 1. The Kier molecular flexibility index (Phi) is 6.68. The van der Waals surface area contributed by atoms with Gasteiger partial charge in [0.1, 0.15) is 17.5 Å². The molecule has 1 atom stereocenters. The van der Waals surface area contributed by atoms with E-state index in [2.05, 4.69) is 15.0 Å². The Morgan fingerprint density at radius 3 is 2.52 bits per heavy atom. The highest BCUT2D eigenvalue weighted by atomic mass is 32.2. The van der Waals surface area contributed by atoms with Crippen molar-refractivity contribution in [2.45, 2.75) is 30.4 Å². The van der Waals surface area contributed by atoms with Crippen LogP contribution in [0, 0.1) is 6.92 Å². The summed E-state index contributed by atoms with van der Waals surface area (Å²) in [7, 11) is 0. The van der Waals surface area contributed by atoms with Gasteiger partial charge in [-0.05, 0) is 19.1 Å². The smallest absolute Gasteiger partial charge is 0.488 e. The standard InChI is InChI=1S/C17H18N4O2S.C2HF3O2/c1-12-6-20-15(8-19-12)16(22)21-10-17(11-21)5-14(9-24-17)23-13-3-2-4-18-7-13;3-2(4,5)1(6)7/h2-4,6-8,14H,5,9-11H2,1H3;(H,6,7). The number of likely N-dealkylation sites (tertiary alicyclic amines) is 1. The third kappa shape index (κ3) is 5.84. The van der Waals surface area contributed by atoms with Gasteiger partial charge in [0, 0.05) is 37.7 Å². The first kappa shape index (κ1) is 22.8. The van der Waals surface area contributed by atoms with Gasteiger partial charge in [-0.3, -0.25) is 14.8 Å². The molecule has 0 saturated carbocycles. The van der Waals surface area contributed by atoms with Crippen molar-refractivity contribution in [2.75, 3.05) is 18.8 Å². The molecule has 1 unspecified atom stereocenters. The summed E-state index contributed by atoms with van der Waals surface area (Å²) < 4.78 is 37.9. The summed E-state index contributed by atoms with van der Waals surface area (Å²) in [4.78, 5) is 35.6. The molecular formula is C19H19F3N4O4S. The van der Waals surface area contributed by atoms with E-state index in [9.17, 15) is 18.0 Å². The number of aromatic nitrogens is 3. The lowest BCUT2D eigenvalue weighted by atomic mass is 9.92. The Morgan fingerprint density at radius 1 is 1.26 bits per heavy atom. The van der Waals surface area contributed by atoms with Crippen LogP contribution in [0.4, 0.5) is 13.2 Å². The number of halogens is 3. The van der Waals surface area contributed by atoms with Crippen molar-refractivity contribution in [3.8, 4) is 5.75 Å². The molecule has 4 rings (SSSR count). The van der Waals surface area contributed by atoms with E-state index in [1.807, 2.05) is 35.7 Å². The molecule has 2 aliphatic rings. The Morgan fingerprint density at radius 2 is 1.97 bits per heavy atom. The Bertz CT molecular complexity index is 922. The van der Waals surface area contributed by atoms with Gasteiger partial charge in [-0.25, -0.2) is 9.78 Å². The van der Waals surface area contributed by atoms with E-state index in [1.165, 1.54) is 0 Å². The lowest BCUT2D eigenvalue weighted by Crippen LogP contribution is -2.61. The predicted molar refractivity (Wildman–Crippen MR) is 105 cm³/mol. The van der Waals surface area contributed by atoms with Gasteiger partial charge in [-0.2, -0.15) is 13.2 Å². The Balaban J connectivity index is 0.000000339. The second-order valence-electron chi connectivity index (χ2n) is 7.13. The summed E-state index contributed by atoms with van der Waals surface area (Å²) in [6.07, 6.45) is 2.71. The van der Waals surface area contributed by atoms with Crippen molar-refractivity contribution >= 4 is 23.6 Å². The van der Waals surface area contributed by atoms with Crippen molar-refractivity contribution in [1.29, 1.82) is 0 Å². The number of nitrogens with zero attached hydrogens (tertiary/aromatic N) is 4. The molecule has 1 amide bonds.